The van der Waals surface area contributed by atoms with Crippen molar-refractivity contribution in [2.45, 2.75) is 20.4 Å². The molecule has 0 bridgehead atoms. The molecule has 0 saturated heterocycles. The number of nitrogens with one attached hydrogen (secondary N) is 2. The predicted octanol–water partition coefficient (Wildman–Crippen LogP) is 3.57. The van der Waals surface area contributed by atoms with Crippen LogP contribution in [0.3, 0.4) is 0 Å². The second-order valence-corrected chi connectivity index (χ2v) is 4.91. The molecule has 0 unspecified atom stereocenters. The molecule has 0 saturated carbocycles. The van der Waals surface area contributed by atoms with Crippen molar-refractivity contribution >= 4 is 17.3 Å². The largest absolute Gasteiger partial charge is 0.497 e. The summed E-state index contributed by atoms with van der Waals surface area (Å²) in [6.45, 7) is 4.22. The number of rotatable bonds is 5. The Bertz CT molecular complexity index is 621. The number of hydrogen-bond donors (Lipinski definition) is 2. The number of methoxy groups -OCH3 is 1. The normalized spacial score (nSPS) is 10.0. The highest BCUT2D eigenvalue weighted by molar-refractivity contribution is 5.89. The maximum Gasteiger partial charge on any atom is 0.221 e. The van der Waals surface area contributed by atoms with Gasteiger partial charge in [0.25, 0.3) is 0 Å². The standard InChI is InChI=1S/C17H20N2O2/c1-12-10-15(6-9-17(12)19-13(2)20)18-11-14-4-7-16(21-3)8-5-14/h4-10,18H,11H2,1-3H3,(H,19,20). The smallest absolute Gasteiger partial charge is 0.221 e. The average Bonchev–Trinajstić information content (AvgIpc) is 2.48. The van der Waals surface area contributed by atoms with Crippen molar-refractivity contribution in [2.75, 3.05) is 17.7 Å². The van der Waals surface area contributed by atoms with Crippen LogP contribution in [0.4, 0.5) is 11.4 Å². The highest BCUT2D eigenvalue weighted by Gasteiger charge is 2.02. The molecule has 0 heterocycles. The third-order valence-corrected chi connectivity index (χ3v) is 3.19. The molecule has 2 aromatic carbocycles. The van der Waals surface area contributed by atoms with Crippen molar-refractivity contribution in [1.82, 2.24) is 0 Å². The van der Waals surface area contributed by atoms with E-state index in [1.165, 1.54) is 12.5 Å². The maximum atomic E-state index is 11.1. The van der Waals surface area contributed by atoms with Crippen molar-refractivity contribution in [3.05, 3.63) is 53.6 Å². The Morgan fingerprint density at radius 3 is 2.43 bits per heavy atom. The molecule has 0 spiro atoms. The summed E-state index contributed by atoms with van der Waals surface area (Å²) in [6.07, 6.45) is 0. The van der Waals surface area contributed by atoms with E-state index in [9.17, 15) is 4.79 Å². The number of anilines is 2. The summed E-state index contributed by atoms with van der Waals surface area (Å²) < 4.78 is 5.14. The van der Waals surface area contributed by atoms with Crippen molar-refractivity contribution in [2.24, 2.45) is 0 Å². The summed E-state index contributed by atoms with van der Waals surface area (Å²) in [7, 11) is 1.66. The van der Waals surface area contributed by atoms with E-state index in [4.69, 9.17) is 4.74 Å². The second-order valence-electron chi connectivity index (χ2n) is 4.91. The van der Waals surface area contributed by atoms with E-state index in [2.05, 4.69) is 10.6 Å². The van der Waals surface area contributed by atoms with Crippen LogP contribution >= 0.6 is 0 Å². The molecule has 0 atom stereocenters. The summed E-state index contributed by atoms with van der Waals surface area (Å²) in [6, 6.07) is 13.8. The highest BCUT2D eigenvalue weighted by atomic mass is 16.5. The molecule has 0 aliphatic rings. The SMILES string of the molecule is COc1ccc(CNc2ccc(NC(C)=O)c(C)c2)cc1. The summed E-state index contributed by atoms with van der Waals surface area (Å²) in [5.41, 5.74) is 4.08. The third kappa shape index (κ3) is 4.24. The van der Waals surface area contributed by atoms with Crippen LogP contribution in [0, 0.1) is 6.92 Å². The Balaban J connectivity index is 1.99. The number of amides is 1. The Labute approximate surface area is 125 Å². The third-order valence-electron chi connectivity index (χ3n) is 3.19. The fourth-order valence-corrected chi connectivity index (χ4v) is 2.05. The molecule has 2 rings (SSSR count). The summed E-state index contributed by atoms with van der Waals surface area (Å²) in [5.74, 6) is 0.797. The van der Waals surface area contributed by atoms with Gasteiger partial charge in [0.05, 0.1) is 7.11 Å². The Morgan fingerprint density at radius 1 is 1.14 bits per heavy atom. The van der Waals surface area contributed by atoms with Crippen LogP contribution in [0.5, 0.6) is 5.75 Å². The van der Waals surface area contributed by atoms with Crippen molar-refractivity contribution in [3.8, 4) is 5.75 Å². The van der Waals surface area contributed by atoms with E-state index >= 15 is 0 Å². The monoisotopic (exact) mass is 284 g/mol. The number of hydrogen-bond acceptors (Lipinski definition) is 3. The number of aryl methyl sites for hydroxylation is 1. The zero-order valence-electron chi connectivity index (χ0n) is 12.6. The first-order valence-electron chi connectivity index (χ1n) is 6.83. The molecule has 4 heteroatoms. The van der Waals surface area contributed by atoms with Crippen LogP contribution in [0.15, 0.2) is 42.5 Å². The van der Waals surface area contributed by atoms with E-state index in [1.54, 1.807) is 7.11 Å². The molecule has 4 nitrogen and oxygen atoms in total. The summed E-state index contributed by atoms with van der Waals surface area (Å²) in [4.78, 5) is 11.1. The minimum absolute atomic E-state index is 0.0583. The average molecular weight is 284 g/mol. The molecule has 0 aliphatic carbocycles. The van der Waals surface area contributed by atoms with E-state index in [-0.39, 0.29) is 5.91 Å². The van der Waals surface area contributed by atoms with E-state index in [0.29, 0.717) is 0 Å². The van der Waals surface area contributed by atoms with E-state index in [1.807, 2.05) is 49.4 Å². The molecule has 110 valence electrons. The lowest BCUT2D eigenvalue weighted by molar-refractivity contribution is -0.114. The minimum Gasteiger partial charge on any atom is -0.497 e. The number of carbonyl (C=O) groups excluding carboxylic acids is 1. The number of benzene rings is 2. The lowest BCUT2D eigenvalue weighted by atomic mass is 10.1. The van der Waals surface area contributed by atoms with Crippen LogP contribution in [0.25, 0.3) is 0 Å². The van der Waals surface area contributed by atoms with Gasteiger partial charge in [-0.25, -0.2) is 0 Å². The lowest BCUT2D eigenvalue weighted by Gasteiger charge is -2.11. The quantitative estimate of drug-likeness (QED) is 0.882. The summed E-state index contributed by atoms with van der Waals surface area (Å²) >= 11 is 0. The molecule has 2 N–H and O–H groups in total. The molecule has 0 radical (unpaired) electrons. The second kappa shape index (κ2) is 6.79. The van der Waals surface area contributed by atoms with Crippen LogP contribution in [0.1, 0.15) is 18.1 Å². The van der Waals surface area contributed by atoms with Gasteiger partial charge in [-0.3, -0.25) is 4.79 Å². The van der Waals surface area contributed by atoms with Gasteiger partial charge in [0.1, 0.15) is 5.75 Å². The zero-order chi connectivity index (χ0) is 15.2. The topological polar surface area (TPSA) is 50.4 Å². The fraction of sp³-hybridized carbons (Fsp3) is 0.235. The van der Waals surface area contributed by atoms with Gasteiger partial charge in [0.15, 0.2) is 0 Å². The minimum atomic E-state index is -0.0583. The van der Waals surface area contributed by atoms with Crippen LogP contribution in [-0.4, -0.2) is 13.0 Å². The van der Waals surface area contributed by atoms with Gasteiger partial charge in [-0.05, 0) is 48.4 Å². The molecule has 21 heavy (non-hydrogen) atoms. The number of carbonyl (C=O) groups is 1. The van der Waals surface area contributed by atoms with Crippen LogP contribution in [-0.2, 0) is 11.3 Å². The fourth-order valence-electron chi connectivity index (χ4n) is 2.05. The first-order valence-corrected chi connectivity index (χ1v) is 6.83. The Hall–Kier alpha value is -2.49. The molecule has 1 amide bonds. The van der Waals surface area contributed by atoms with Crippen molar-refractivity contribution < 1.29 is 9.53 Å². The molecule has 0 fully saturated rings. The zero-order valence-corrected chi connectivity index (χ0v) is 12.6. The van der Waals surface area contributed by atoms with E-state index in [0.717, 1.165) is 29.2 Å². The van der Waals surface area contributed by atoms with Crippen molar-refractivity contribution in [1.29, 1.82) is 0 Å². The Morgan fingerprint density at radius 2 is 1.86 bits per heavy atom. The Kier molecular flexibility index (Phi) is 4.82. The van der Waals surface area contributed by atoms with Gasteiger partial charge in [0.2, 0.25) is 5.91 Å². The highest BCUT2D eigenvalue weighted by Crippen LogP contribution is 2.20. The number of ether oxygens (including phenoxy) is 1. The molecular weight excluding hydrogens is 264 g/mol. The van der Waals surface area contributed by atoms with E-state index < -0.39 is 0 Å². The van der Waals surface area contributed by atoms with Gasteiger partial charge in [-0.1, -0.05) is 12.1 Å². The van der Waals surface area contributed by atoms with Gasteiger partial charge in [0, 0.05) is 24.8 Å². The first-order chi connectivity index (χ1) is 10.1. The van der Waals surface area contributed by atoms with Gasteiger partial charge in [-0.2, -0.15) is 0 Å². The van der Waals surface area contributed by atoms with Crippen LogP contribution < -0.4 is 15.4 Å². The maximum absolute atomic E-state index is 11.1. The lowest BCUT2D eigenvalue weighted by Crippen LogP contribution is -2.07. The first kappa shape index (κ1) is 14.9. The molecular formula is C17H20N2O2. The van der Waals surface area contributed by atoms with Gasteiger partial charge in [-0.15, -0.1) is 0 Å². The summed E-state index contributed by atoms with van der Waals surface area (Å²) in [5, 5.41) is 6.17. The van der Waals surface area contributed by atoms with Gasteiger partial charge < -0.3 is 15.4 Å². The molecule has 0 aliphatic heterocycles. The molecule has 2 aromatic rings. The van der Waals surface area contributed by atoms with Crippen molar-refractivity contribution in [3.63, 3.8) is 0 Å². The predicted molar refractivity (Wildman–Crippen MR) is 85.8 cm³/mol. The van der Waals surface area contributed by atoms with Gasteiger partial charge >= 0.3 is 0 Å². The molecule has 0 aromatic heterocycles. The van der Waals surface area contributed by atoms with Crippen LogP contribution in [0.2, 0.25) is 0 Å².